The molecule has 0 saturated heterocycles. The summed E-state index contributed by atoms with van der Waals surface area (Å²) in [6.45, 7) is 3.96. The van der Waals surface area contributed by atoms with Crippen LogP contribution in [0.3, 0.4) is 0 Å². The third-order valence-corrected chi connectivity index (χ3v) is 6.42. The van der Waals surface area contributed by atoms with Crippen LogP contribution in [0, 0.1) is 6.92 Å². The summed E-state index contributed by atoms with van der Waals surface area (Å²) in [7, 11) is 0.953. The smallest absolute Gasteiger partial charge is 0.242 e. The molecular weight excluding hydrogens is 376 g/mol. The maximum atomic E-state index is 12.4. The molecule has 0 saturated carbocycles. The van der Waals surface area contributed by atoms with Crippen molar-refractivity contribution in [3.63, 3.8) is 0 Å². The first-order chi connectivity index (χ1) is 13.1. The highest BCUT2D eigenvalue weighted by molar-refractivity contribution is 7.89. The van der Waals surface area contributed by atoms with Crippen LogP contribution in [0.4, 0.5) is 0 Å². The molecule has 0 bridgehead atoms. The van der Waals surface area contributed by atoms with E-state index in [0.29, 0.717) is 17.7 Å². The Balaban J connectivity index is 2.08. The molecule has 0 aliphatic carbocycles. The number of carbonyl (C=O) groups excluding carboxylic acids is 1. The highest BCUT2D eigenvalue weighted by atomic mass is 32.2. The topological polar surface area (TPSA) is 75.7 Å². The van der Waals surface area contributed by atoms with E-state index in [2.05, 4.69) is 5.32 Å². The van der Waals surface area contributed by atoms with Gasteiger partial charge in [0, 0.05) is 20.5 Å². The molecule has 0 spiro atoms. The first-order valence-electron chi connectivity index (χ1n) is 9.10. The molecule has 0 aliphatic heterocycles. The summed E-state index contributed by atoms with van der Waals surface area (Å²) in [6, 6.07) is 12.6. The number of nitrogens with one attached hydrogen (secondary N) is 1. The Kier molecular flexibility index (Phi) is 7.21. The van der Waals surface area contributed by atoms with Crippen molar-refractivity contribution in [3.05, 3.63) is 59.2 Å². The predicted molar refractivity (Wildman–Crippen MR) is 110 cm³/mol. The molecule has 0 aliphatic rings. The van der Waals surface area contributed by atoms with Gasteiger partial charge in [0.15, 0.2) is 0 Å². The molecule has 0 radical (unpaired) electrons. The fraction of sp³-hybridized carbons (Fsp3) is 0.381. The summed E-state index contributed by atoms with van der Waals surface area (Å²) in [5.41, 5.74) is 2.89. The Morgan fingerprint density at radius 2 is 1.79 bits per heavy atom. The van der Waals surface area contributed by atoms with E-state index in [4.69, 9.17) is 4.74 Å². The molecule has 0 aromatic heterocycles. The van der Waals surface area contributed by atoms with Crippen molar-refractivity contribution in [1.29, 1.82) is 0 Å². The first kappa shape index (κ1) is 21.9. The molecule has 0 fully saturated rings. The van der Waals surface area contributed by atoms with Crippen LogP contribution >= 0.6 is 0 Å². The number of methoxy groups -OCH3 is 1. The van der Waals surface area contributed by atoms with Gasteiger partial charge in [-0.15, -0.1) is 0 Å². The second-order valence-electron chi connectivity index (χ2n) is 6.96. The zero-order chi connectivity index (χ0) is 20.9. The summed E-state index contributed by atoms with van der Waals surface area (Å²) in [5, 5.41) is 2.98. The second kappa shape index (κ2) is 9.21. The Labute approximate surface area is 167 Å². The number of sulfonamides is 1. The van der Waals surface area contributed by atoms with Crippen LogP contribution in [0.5, 0.6) is 5.75 Å². The third kappa shape index (κ3) is 5.33. The van der Waals surface area contributed by atoms with Crippen molar-refractivity contribution in [2.75, 3.05) is 21.2 Å². The molecule has 0 heterocycles. The van der Waals surface area contributed by atoms with E-state index in [1.807, 2.05) is 38.1 Å². The third-order valence-electron chi connectivity index (χ3n) is 4.61. The number of carbonyl (C=O) groups is 1. The van der Waals surface area contributed by atoms with Crippen molar-refractivity contribution in [2.45, 2.75) is 37.6 Å². The van der Waals surface area contributed by atoms with Gasteiger partial charge >= 0.3 is 0 Å². The quantitative estimate of drug-likeness (QED) is 0.734. The molecule has 1 amide bonds. The lowest BCUT2D eigenvalue weighted by molar-refractivity contribution is -0.121. The van der Waals surface area contributed by atoms with E-state index in [0.717, 1.165) is 9.87 Å². The average Bonchev–Trinajstić information content (AvgIpc) is 2.66. The highest BCUT2D eigenvalue weighted by Gasteiger charge is 2.19. The summed E-state index contributed by atoms with van der Waals surface area (Å²) < 4.78 is 31.2. The highest BCUT2D eigenvalue weighted by Crippen LogP contribution is 2.25. The van der Waals surface area contributed by atoms with Crippen LogP contribution in [0.1, 0.15) is 36.1 Å². The fourth-order valence-corrected chi connectivity index (χ4v) is 3.77. The van der Waals surface area contributed by atoms with Crippen LogP contribution < -0.4 is 10.1 Å². The summed E-state index contributed by atoms with van der Waals surface area (Å²) in [4.78, 5) is 12.6. The van der Waals surface area contributed by atoms with Gasteiger partial charge in [-0.05, 0) is 49.6 Å². The number of aryl methyl sites for hydroxylation is 2. The molecule has 1 atom stereocenters. The summed E-state index contributed by atoms with van der Waals surface area (Å²) in [5.74, 6) is 0.466. The van der Waals surface area contributed by atoms with Gasteiger partial charge in [0.05, 0.1) is 18.0 Å². The molecule has 2 aromatic rings. The average molecular weight is 405 g/mol. The van der Waals surface area contributed by atoms with Gasteiger partial charge in [0.25, 0.3) is 0 Å². The second-order valence-corrected chi connectivity index (χ2v) is 9.11. The number of rotatable bonds is 8. The number of hydrogen-bond donors (Lipinski definition) is 1. The lowest BCUT2D eigenvalue weighted by atomic mass is 10.1. The van der Waals surface area contributed by atoms with Gasteiger partial charge in [-0.1, -0.05) is 29.8 Å². The first-order valence-corrected chi connectivity index (χ1v) is 10.5. The Hall–Kier alpha value is -2.38. The molecular formula is C21H28N2O4S. The normalized spacial score (nSPS) is 12.6. The lowest BCUT2D eigenvalue weighted by Gasteiger charge is -2.16. The monoisotopic (exact) mass is 404 g/mol. The molecule has 1 N–H and O–H groups in total. The molecule has 28 heavy (non-hydrogen) atoms. The van der Waals surface area contributed by atoms with Crippen LogP contribution in [0.15, 0.2) is 47.4 Å². The van der Waals surface area contributed by atoms with E-state index in [9.17, 15) is 13.2 Å². The van der Waals surface area contributed by atoms with Gasteiger partial charge in [-0.25, -0.2) is 12.7 Å². The lowest BCUT2D eigenvalue weighted by Crippen LogP contribution is -2.27. The molecule has 7 heteroatoms. The van der Waals surface area contributed by atoms with Crippen molar-refractivity contribution >= 4 is 15.9 Å². The molecule has 2 aromatic carbocycles. The van der Waals surface area contributed by atoms with Crippen LogP contribution in [0.2, 0.25) is 0 Å². The predicted octanol–water partition coefficient (Wildman–Crippen LogP) is 3.06. The zero-order valence-electron chi connectivity index (χ0n) is 17.0. The minimum atomic E-state index is -3.54. The van der Waals surface area contributed by atoms with Gasteiger partial charge in [0.2, 0.25) is 15.9 Å². The molecule has 2 rings (SSSR count). The van der Waals surface area contributed by atoms with E-state index in [1.165, 1.54) is 32.8 Å². The van der Waals surface area contributed by atoms with E-state index >= 15 is 0 Å². The zero-order valence-corrected chi connectivity index (χ0v) is 17.8. The van der Waals surface area contributed by atoms with Gasteiger partial charge in [0.1, 0.15) is 5.75 Å². The minimum absolute atomic E-state index is 0.101. The maximum absolute atomic E-state index is 12.4. The van der Waals surface area contributed by atoms with Crippen LogP contribution in [-0.4, -0.2) is 39.8 Å². The van der Waals surface area contributed by atoms with E-state index < -0.39 is 10.0 Å². The van der Waals surface area contributed by atoms with Gasteiger partial charge in [-0.2, -0.15) is 0 Å². The van der Waals surface area contributed by atoms with Crippen molar-refractivity contribution in [3.8, 4) is 5.75 Å². The van der Waals surface area contributed by atoms with E-state index in [-0.39, 0.29) is 23.3 Å². The standard InChI is InChI=1S/C21H28N2O4S/c1-15-6-8-17(9-7-15)16(2)22-21(24)13-10-18-14-19(11-12-20(18)27-5)28(25,26)23(3)4/h6-9,11-12,14,16H,10,13H2,1-5H3,(H,22,24)/t16-/m1/s1. The van der Waals surface area contributed by atoms with Crippen LogP contribution in [-0.2, 0) is 21.2 Å². The Bertz CT molecular complexity index is 922. The largest absolute Gasteiger partial charge is 0.496 e. The van der Waals surface area contributed by atoms with Crippen molar-refractivity contribution in [2.24, 2.45) is 0 Å². The number of hydrogen-bond acceptors (Lipinski definition) is 4. The van der Waals surface area contributed by atoms with Crippen LogP contribution in [0.25, 0.3) is 0 Å². The molecule has 152 valence electrons. The minimum Gasteiger partial charge on any atom is -0.496 e. The number of benzene rings is 2. The Morgan fingerprint density at radius 3 is 2.36 bits per heavy atom. The SMILES string of the molecule is COc1ccc(S(=O)(=O)N(C)C)cc1CCC(=O)N[C@H](C)c1ccc(C)cc1. The van der Waals surface area contributed by atoms with E-state index in [1.54, 1.807) is 12.1 Å². The number of amides is 1. The summed E-state index contributed by atoms with van der Waals surface area (Å²) in [6.07, 6.45) is 0.616. The van der Waals surface area contributed by atoms with Crippen molar-refractivity contribution in [1.82, 2.24) is 9.62 Å². The number of nitrogens with zero attached hydrogens (tertiary/aromatic N) is 1. The maximum Gasteiger partial charge on any atom is 0.242 e. The number of ether oxygens (including phenoxy) is 1. The van der Waals surface area contributed by atoms with Gasteiger partial charge < -0.3 is 10.1 Å². The molecule has 6 nitrogen and oxygen atoms in total. The van der Waals surface area contributed by atoms with Gasteiger partial charge in [-0.3, -0.25) is 4.79 Å². The summed E-state index contributed by atoms with van der Waals surface area (Å²) >= 11 is 0. The van der Waals surface area contributed by atoms with Crippen molar-refractivity contribution < 1.29 is 17.9 Å². The Morgan fingerprint density at radius 1 is 1.14 bits per heavy atom. The fourth-order valence-electron chi connectivity index (χ4n) is 2.82. The molecule has 0 unspecified atom stereocenters.